The molecule has 1 aromatic rings. The van der Waals surface area contributed by atoms with Crippen molar-refractivity contribution in [3.05, 3.63) is 16.0 Å². The molecule has 0 unspecified atom stereocenters. The number of nitrogens with one attached hydrogen (secondary N) is 1. The number of carbonyl (C=O) groups is 1. The highest BCUT2D eigenvalue weighted by Gasteiger charge is 2.27. The Balaban J connectivity index is 1.84. The van der Waals surface area contributed by atoms with E-state index in [0.29, 0.717) is 5.56 Å². The molecule has 1 fully saturated rings. The number of ether oxygens (including phenoxy) is 1. The third-order valence-electron chi connectivity index (χ3n) is 4.42. The first kappa shape index (κ1) is 15.7. The zero-order valence-electron chi connectivity index (χ0n) is 12.9. The molecule has 0 bridgehead atoms. The summed E-state index contributed by atoms with van der Waals surface area (Å²) in [5, 5.41) is 4.94. The van der Waals surface area contributed by atoms with Gasteiger partial charge in [-0.1, -0.05) is 0 Å². The summed E-state index contributed by atoms with van der Waals surface area (Å²) >= 11 is 7.22. The number of nitrogens with zero attached hydrogens (tertiary/aromatic N) is 1. The third-order valence-corrected chi connectivity index (χ3v) is 5.99. The lowest BCUT2D eigenvalue weighted by Crippen LogP contribution is -2.38. The topological polar surface area (TPSA) is 41.6 Å². The van der Waals surface area contributed by atoms with Crippen LogP contribution in [0.15, 0.2) is 0 Å². The van der Waals surface area contributed by atoms with Crippen molar-refractivity contribution in [2.24, 2.45) is 0 Å². The van der Waals surface area contributed by atoms with Gasteiger partial charge in [-0.15, -0.1) is 11.3 Å². The Bertz CT molecular complexity index is 577. The van der Waals surface area contributed by atoms with Crippen LogP contribution in [0.5, 0.6) is 0 Å². The summed E-state index contributed by atoms with van der Waals surface area (Å²) in [5.74, 6) is -0.247. The lowest BCUT2D eigenvalue weighted by molar-refractivity contribution is 0.0601. The number of methoxy groups -OCH3 is 1. The summed E-state index contributed by atoms with van der Waals surface area (Å²) < 4.78 is 5.00. The van der Waals surface area contributed by atoms with Gasteiger partial charge in [0.15, 0.2) is 5.11 Å². The predicted molar refractivity (Wildman–Crippen MR) is 93.9 cm³/mol. The second kappa shape index (κ2) is 6.96. The first-order valence-corrected chi connectivity index (χ1v) is 9.22. The third kappa shape index (κ3) is 3.13. The average molecular weight is 338 g/mol. The zero-order valence-corrected chi connectivity index (χ0v) is 14.6. The Morgan fingerprint density at radius 2 is 1.91 bits per heavy atom. The molecule has 0 radical (unpaired) electrons. The van der Waals surface area contributed by atoms with E-state index < -0.39 is 0 Å². The van der Waals surface area contributed by atoms with E-state index in [1.54, 1.807) is 11.3 Å². The molecule has 6 heteroatoms. The number of hydrogen-bond acceptors (Lipinski definition) is 4. The fourth-order valence-electron chi connectivity index (χ4n) is 3.25. The number of rotatable bonds is 2. The number of anilines is 1. The molecule has 0 aromatic carbocycles. The molecule has 1 aliphatic carbocycles. The van der Waals surface area contributed by atoms with Crippen LogP contribution in [0.3, 0.4) is 0 Å². The van der Waals surface area contributed by atoms with Crippen molar-refractivity contribution >= 4 is 39.6 Å². The van der Waals surface area contributed by atoms with E-state index in [9.17, 15) is 4.79 Å². The number of thiocarbonyl (C=S) groups is 1. The fraction of sp³-hybridized carbons (Fsp3) is 0.625. The Hall–Kier alpha value is -1.14. The minimum Gasteiger partial charge on any atom is -0.465 e. The molecular weight excluding hydrogens is 316 g/mol. The Labute approximate surface area is 140 Å². The SMILES string of the molecule is COC(=O)c1c(NC(=S)N2CCCCC2)sc2c1CCCC2. The highest BCUT2D eigenvalue weighted by atomic mass is 32.1. The summed E-state index contributed by atoms with van der Waals surface area (Å²) in [6, 6.07) is 0. The maximum atomic E-state index is 12.2. The number of carbonyl (C=O) groups excluding carboxylic acids is 1. The standard InChI is InChI=1S/C16H22N2O2S2/c1-20-15(19)13-11-7-3-4-8-12(11)22-14(13)17-16(21)18-9-5-2-6-10-18/h2-10H2,1H3,(H,17,21). The lowest BCUT2D eigenvalue weighted by atomic mass is 9.95. The van der Waals surface area contributed by atoms with Gasteiger partial charge in [0.25, 0.3) is 0 Å². The van der Waals surface area contributed by atoms with Gasteiger partial charge in [-0.05, 0) is 62.7 Å². The lowest BCUT2D eigenvalue weighted by Gasteiger charge is -2.29. The summed E-state index contributed by atoms with van der Waals surface area (Å²) in [6.07, 6.45) is 8.02. The van der Waals surface area contributed by atoms with Gasteiger partial charge in [-0.25, -0.2) is 4.79 Å². The molecule has 1 saturated heterocycles. The van der Waals surface area contributed by atoms with Crippen LogP contribution in [0.2, 0.25) is 0 Å². The summed E-state index contributed by atoms with van der Waals surface area (Å²) in [5.41, 5.74) is 1.88. The largest absolute Gasteiger partial charge is 0.465 e. The maximum Gasteiger partial charge on any atom is 0.341 e. The van der Waals surface area contributed by atoms with E-state index in [-0.39, 0.29) is 5.97 Å². The maximum absolute atomic E-state index is 12.2. The molecule has 3 rings (SSSR count). The number of thiophene rings is 1. The van der Waals surface area contributed by atoms with Crippen molar-refractivity contribution in [2.75, 3.05) is 25.5 Å². The molecule has 0 saturated carbocycles. The highest BCUT2D eigenvalue weighted by Crippen LogP contribution is 2.38. The molecule has 0 spiro atoms. The Kier molecular flexibility index (Phi) is 4.98. The van der Waals surface area contributed by atoms with Crippen LogP contribution in [-0.4, -0.2) is 36.2 Å². The molecule has 2 heterocycles. The molecule has 0 amide bonds. The number of hydrogen-bond donors (Lipinski definition) is 1. The normalized spacial score (nSPS) is 17.8. The number of likely N-dealkylation sites (tertiary alicyclic amines) is 1. The van der Waals surface area contributed by atoms with Crippen LogP contribution < -0.4 is 5.32 Å². The first-order valence-electron chi connectivity index (χ1n) is 7.99. The van der Waals surface area contributed by atoms with Crippen molar-refractivity contribution in [3.63, 3.8) is 0 Å². The van der Waals surface area contributed by atoms with Gasteiger partial charge in [0.05, 0.1) is 12.7 Å². The number of piperidine rings is 1. The van der Waals surface area contributed by atoms with Gasteiger partial charge in [0, 0.05) is 18.0 Å². The predicted octanol–water partition coefficient (Wildman–Crippen LogP) is 3.60. The fourth-order valence-corrected chi connectivity index (χ4v) is 4.87. The van der Waals surface area contributed by atoms with E-state index in [1.807, 2.05) is 0 Å². The van der Waals surface area contributed by atoms with Crippen LogP contribution in [0.1, 0.15) is 52.9 Å². The van der Waals surface area contributed by atoms with Crippen molar-refractivity contribution in [3.8, 4) is 0 Å². The van der Waals surface area contributed by atoms with Crippen molar-refractivity contribution in [2.45, 2.75) is 44.9 Å². The van der Waals surface area contributed by atoms with Crippen LogP contribution >= 0.6 is 23.6 Å². The summed E-state index contributed by atoms with van der Waals surface area (Å²) in [4.78, 5) is 15.7. The van der Waals surface area contributed by atoms with Gasteiger partial charge in [0.2, 0.25) is 0 Å². The zero-order chi connectivity index (χ0) is 15.5. The smallest absolute Gasteiger partial charge is 0.341 e. The molecule has 120 valence electrons. The van der Waals surface area contributed by atoms with Crippen molar-refractivity contribution in [1.29, 1.82) is 0 Å². The Morgan fingerprint density at radius 3 is 2.64 bits per heavy atom. The van der Waals surface area contributed by atoms with Crippen molar-refractivity contribution in [1.82, 2.24) is 4.90 Å². The van der Waals surface area contributed by atoms with Crippen LogP contribution in [0, 0.1) is 0 Å². The molecule has 2 aliphatic rings. The number of fused-ring (bicyclic) bond motifs is 1. The van der Waals surface area contributed by atoms with E-state index in [2.05, 4.69) is 10.2 Å². The number of esters is 1. The van der Waals surface area contributed by atoms with Crippen LogP contribution in [-0.2, 0) is 17.6 Å². The van der Waals surface area contributed by atoms with E-state index in [0.717, 1.165) is 42.5 Å². The monoisotopic (exact) mass is 338 g/mol. The summed E-state index contributed by atoms with van der Waals surface area (Å²) in [7, 11) is 1.45. The van der Waals surface area contributed by atoms with Gasteiger partial charge in [0.1, 0.15) is 5.00 Å². The molecule has 1 aliphatic heterocycles. The molecule has 4 nitrogen and oxygen atoms in total. The van der Waals surface area contributed by atoms with Gasteiger partial charge < -0.3 is 15.0 Å². The Morgan fingerprint density at radius 1 is 1.18 bits per heavy atom. The van der Waals surface area contributed by atoms with E-state index >= 15 is 0 Å². The van der Waals surface area contributed by atoms with Gasteiger partial charge in [-0.2, -0.15) is 0 Å². The second-order valence-electron chi connectivity index (χ2n) is 5.88. The molecule has 22 heavy (non-hydrogen) atoms. The highest BCUT2D eigenvalue weighted by molar-refractivity contribution is 7.80. The van der Waals surface area contributed by atoms with Crippen LogP contribution in [0.4, 0.5) is 5.00 Å². The van der Waals surface area contributed by atoms with Crippen molar-refractivity contribution < 1.29 is 9.53 Å². The van der Waals surface area contributed by atoms with E-state index in [4.69, 9.17) is 17.0 Å². The number of aryl methyl sites for hydroxylation is 1. The van der Waals surface area contributed by atoms with Gasteiger partial charge in [-0.3, -0.25) is 0 Å². The minimum absolute atomic E-state index is 0.247. The average Bonchev–Trinajstić information content (AvgIpc) is 2.92. The quantitative estimate of drug-likeness (QED) is 0.659. The van der Waals surface area contributed by atoms with E-state index in [1.165, 1.54) is 43.2 Å². The molecular formula is C16H22N2O2S2. The minimum atomic E-state index is -0.247. The van der Waals surface area contributed by atoms with Crippen LogP contribution in [0.25, 0.3) is 0 Å². The molecule has 1 aromatic heterocycles. The molecule has 1 N–H and O–H groups in total. The second-order valence-corrected chi connectivity index (χ2v) is 7.38. The summed E-state index contributed by atoms with van der Waals surface area (Å²) in [6.45, 7) is 2.01. The molecule has 0 atom stereocenters. The van der Waals surface area contributed by atoms with Gasteiger partial charge >= 0.3 is 5.97 Å². The first-order chi connectivity index (χ1) is 10.7.